The zero-order valence-electron chi connectivity index (χ0n) is 15.3. The average molecular weight is 377 g/mol. The van der Waals surface area contributed by atoms with E-state index in [0.29, 0.717) is 23.5 Å². The van der Waals surface area contributed by atoms with Crippen molar-refractivity contribution in [2.24, 2.45) is 0 Å². The number of hydrogen-bond donors (Lipinski definition) is 1. The molecular formula is C21H19N3O4. The highest BCUT2D eigenvalue weighted by atomic mass is 16.5. The Morgan fingerprint density at radius 2 is 1.71 bits per heavy atom. The second-order valence-corrected chi connectivity index (χ2v) is 5.97. The smallest absolute Gasteiger partial charge is 0.338 e. The maximum absolute atomic E-state index is 12.5. The molecule has 3 aromatic rings. The first-order valence-corrected chi connectivity index (χ1v) is 8.83. The van der Waals surface area contributed by atoms with Gasteiger partial charge in [-0.2, -0.15) is 9.78 Å². The highest BCUT2D eigenvalue weighted by Crippen LogP contribution is 2.12. The third kappa shape index (κ3) is 4.50. The van der Waals surface area contributed by atoms with E-state index >= 15 is 0 Å². The summed E-state index contributed by atoms with van der Waals surface area (Å²) in [7, 11) is 0. The summed E-state index contributed by atoms with van der Waals surface area (Å²) in [5, 5.41) is 6.83. The summed E-state index contributed by atoms with van der Waals surface area (Å²) in [4.78, 5) is 36.4. The van der Waals surface area contributed by atoms with Gasteiger partial charge in [0.15, 0.2) is 0 Å². The van der Waals surface area contributed by atoms with E-state index in [2.05, 4.69) is 10.4 Å². The number of anilines is 1. The van der Waals surface area contributed by atoms with Gasteiger partial charge in [-0.15, -0.1) is 0 Å². The van der Waals surface area contributed by atoms with Crippen LogP contribution in [0.1, 0.15) is 34.2 Å². The summed E-state index contributed by atoms with van der Waals surface area (Å²) < 4.78 is 6.23. The second-order valence-electron chi connectivity index (χ2n) is 5.97. The highest BCUT2D eigenvalue weighted by molar-refractivity contribution is 6.03. The molecule has 0 aliphatic heterocycles. The normalized spacial score (nSPS) is 10.3. The van der Waals surface area contributed by atoms with E-state index in [4.69, 9.17) is 4.74 Å². The van der Waals surface area contributed by atoms with Crippen LogP contribution in [0.25, 0.3) is 5.69 Å². The molecule has 7 heteroatoms. The van der Waals surface area contributed by atoms with Crippen LogP contribution in [-0.4, -0.2) is 28.3 Å². The maximum Gasteiger partial charge on any atom is 0.338 e. The topological polar surface area (TPSA) is 90.3 Å². The van der Waals surface area contributed by atoms with Gasteiger partial charge in [-0.05, 0) is 48.9 Å². The molecule has 1 aromatic heterocycles. The molecule has 0 aliphatic rings. The molecule has 0 bridgehead atoms. The van der Waals surface area contributed by atoms with E-state index in [1.807, 2.05) is 13.0 Å². The van der Waals surface area contributed by atoms with E-state index < -0.39 is 11.9 Å². The van der Waals surface area contributed by atoms with Crippen molar-refractivity contribution in [1.29, 1.82) is 0 Å². The number of hydrogen-bond acceptors (Lipinski definition) is 5. The lowest BCUT2D eigenvalue weighted by Crippen LogP contribution is -2.24. The van der Waals surface area contributed by atoms with Gasteiger partial charge >= 0.3 is 5.97 Å². The molecule has 0 saturated heterocycles. The van der Waals surface area contributed by atoms with Gasteiger partial charge in [-0.1, -0.05) is 25.1 Å². The lowest BCUT2D eigenvalue weighted by atomic mass is 10.2. The van der Waals surface area contributed by atoms with Gasteiger partial charge < -0.3 is 10.1 Å². The molecule has 1 N–H and O–H groups in total. The van der Waals surface area contributed by atoms with Gasteiger partial charge in [0.2, 0.25) is 0 Å². The Kier molecular flexibility index (Phi) is 5.96. The Hall–Kier alpha value is -3.74. The third-order valence-corrected chi connectivity index (χ3v) is 3.85. The molecule has 0 atom stereocenters. The summed E-state index contributed by atoms with van der Waals surface area (Å²) in [6.45, 7) is 2.28. The summed E-state index contributed by atoms with van der Waals surface area (Å²) >= 11 is 0. The molecule has 0 unspecified atom stereocenters. The van der Waals surface area contributed by atoms with Crippen molar-refractivity contribution in [1.82, 2.24) is 9.78 Å². The minimum atomic E-state index is -0.467. The first-order valence-electron chi connectivity index (χ1n) is 8.83. The van der Waals surface area contributed by atoms with Crippen molar-refractivity contribution < 1.29 is 14.3 Å². The molecule has 0 fully saturated rings. The summed E-state index contributed by atoms with van der Waals surface area (Å²) in [5.74, 6) is -0.873. The van der Waals surface area contributed by atoms with Crippen molar-refractivity contribution in [3.63, 3.8) is 0 Å². The van der Waals surface area contributed by atoms with Crippen LogP contribution >= 0.6 is 0 Å². The minimum Gasteiger partial charge on any atom is -0.462 e. The Labute approximate surface area is 161 Å². The van der Waals surface area contributed by atoms with Crippen LogP contribution in [0.2, 0.25) is 0 Å². The van der Waals surface area contributed by atoms with Crippen molar-refractivity contribution in [2.75, 3.05) is 11.9 Å². The highest BCUT2D eigenvalue weighted by Gasteiger charge is 2.12. The quantitative estimate of drug-likeness (QED) is 0.667. The molecule has 0 aliphatic carbocycles. The number of aromatic nitrogens is 2. The molecule has 28 heavy (non-hydrogen) atoms. The number of benzene rings is 2. The average Bonchev–Trinajstić information content (AvgIpc) is 2.73. The number of nitrogens with zero attached hydrogens (tertiary/aromatic N) is 2. The Bertz CT molecular complexity index is 1030. The van der Waals surface area contributed by atoms with E-state index in [9.17, 15) is 14.4 Å². The van der Waals surface area contributed by atoms with Crippen LogP contribution in [0.5, 0.6) is 0 Å². The first kappa shape index (κ1) is 19.0. The SMILES string of the molecule is CCCOC(=O)c1ccc(NC(=O)c2ccc(=O)n(-c3ccccc3)n2)cc1. The van der Waals surface area contributed by atoms with Crippen molar-refractivity contribution in [3.8, 4) is 5.69 Å². The lowest BCUT2D eigenvalue weighted by molar-refractivity contribution is 0.0505. The molecule has 7 nitrogen and oxygen atoms in total. The van der Waals surface area contributed by atoms with E-state index in [1.165, 1.54) is 16.8 Å². The van der Waals surface area contributed by atoms with E-state index in [1.54, 1.807) is 48.5 Å². The van der Waals surface area contributed by atoms with E-state index in [-0.39, 0.29) is 11.3 Å². The first-order chi connectivity index (χ1) is 13.6. The van der Waals surface area contributed by atoms with Gasteiger partial charge in [0, 0.05) is 11.8 Å². The molecule has 1 amide bonds. The number of amides is 1. The monoisotopic (exact) mass is 377 g/mol. The number of nitrogens with one attached hydrogen (secondary N) is 1. The summed E-state index contributed by atoms with van der Waals surface area (Å²) in [5.41, 5.74) is 1.23. The molecule has 3 rings (SSSR count). The molecule has 142 valence electrons. The number of carbonyl (C=O) groups is 2. The predicted octanol–water partition coefficient (Wildman–Crippen LogP) is 3.05. The van der Waals surface area contributed by atoms with Gasteiger partial charge in [0.25, 0.3) is 11.5 Å². The van der Waals surface area contributed by atoms with Crippen molar-refractivity contribution >= 4 is 17.6 Å². The van der Waals surface area contributed by atoms with Crippen LogP contribution in [-0.2, 0) is 4.74 Å². The van der Waals surface area contributed by atoms with Crippen molar-refractivity contribution in [2.45, 2.75) is 13.3 Å². The number of para-hydroxylation sites is 1. The zero-order chi connectivity index (χ0) is 19.9. The van der Waals surface area contributed by atoms with Crippen molar-refractivity contribution in [3.05, 3.63) is 88.3 Å². The largest absolute Gasteiger partial charge is 0.462 e. The van der Waals surface area contributed by atoms with Crippen LogP contribution < -0.4 is 10.9 Å². The fourth-order valence-corrected chi connectivity index (χ4v) is 2.45. The molecule has 0 spiro atoms. The van der Waals surface area contributed by atoms with Crippen LogP contribution in [0.4, 0.5) is 5.69 Å². The maximum atomic E-state index is 12.5. The minimum absolute atomic E-state index is 0.0925. The van der Waals surface area contributed by atoms with Crippen LogP contribution in [0, 0.1) is 0 Å². The Morgan fingerprint density at radius 3 is 2.39 bits per heavy atom. The fraction of sp³-hybridized carbons (Fsp3) is 0.143. The van der Waals surface area contributed by atoms with Gasteiger partial charge in [-0.25, -0.2) is 4.79 Å². The molecule has 0 saturated carbocycles. The Morgan fingerprint density at radius 1 is 1.00 bits per heavy atom. The number of ether oxygens (including phenoxy) is 1. The molecule has 0 radical (unpaired) electrons. The fourth-order valence-electron chi connectivity index (χ4n) is 2.45. The summed E-state index contributed by atoms with van der Waals surface area (Å²) in [6.07, 6.45) is 0.748. The molecule has 2 aromatic carbocycles. The van der Waals surface area contributed by atoms with Gasteiger partial charge in [-0.3, -0.25) is 9.59 Å². The van der Waals surface area contributed by atoms with Crippen LogP contribution in [0.15, 0.2) is 71.5 Å². The number of esters is 1. The molecule has 1 heterocycles. The zero-order valence-corrected chi connectivity index (χ0v) is 15.3. The van der Waals surface area contributed by atoms with Gasteiger partial charge in [0.05, 0.1) is 17.9 Å². The number of carbonyl (C=O) groups excluding carboxylic acids is 2. The Balaban J connectivity index is 1.75. The summed E-state index contributed by atoms with van der Waals surface area (Å²) in [6, 6.07) is 17.9. The third-order valence-electron chi connectivity index (χ3n) is 3.85. The van der Waals surface area contributed by atoms with Crippen LogP contribution in [0.3, 0.4) is 0 Å². The van der Waals surface area contributed by atoms with Gasteiger partial charge in [0.1, 0.15) is 5.69 Å². The molecular weight excluding hydrogens is 358 g/mol. The number of rotatable bonds is 6. The standard InChI is InChI=1S/C21H19N3O4/c1-2-14-28-21(27)15-8-10-16(11-9-15)22-20(26)18-12-13-19(25)24(23-18)17-6-4-3-5-7-17/h3-13H,2,14H2,1H3,(H,22,26). The predicted molar refractivity (Wildman–Crippen MR) is 105 cm³/mol. The van der Waals surface area contributed by atoms with E-state index in [0.717, 1.165) is 6.42 Å². The second kappa shape index (κ2) is 8.77. The lowest BCUT2D eigenvalue weighted by Gasteiger charge is -2.08.